The maximum absolute atomic E-state index is 14.0. The molecule has 5 nitrogen and oxygen atoms in total. The van der Waals surface area contributed by atoms with E-state index in [-0.39, 0.29) is 23.2 Å². The summed E-state index contributed by atoms with van der Waals surface area (Å²) >= 11 is 0. The molecule has 3 rings (SSSR count). The number of nitrogens with one attached hydrogen (secondary N) is 1. The number of ether oxygens (including phenoxy) is 1. The Morgan fingerprint density at radius 2 is 2.00 bits per heavy atom. The first kappa shape index (κ1) is 18.7. The summed E-state index contributed by atoms with van der Waals surface area (Å²) in [6.07, 6.45) is 1.92. The van der Waals surface area contributed by atoms with E-state index < -0.39 is 15.8 Å². The molecule has 1 fully saturated rings. The van der Waals surface area contributed by atoms with Gasteiger partial charge in [-0.05, 0) is 50.1 Å². The molecule has 0 aromatic heterocycles. The van der Waals surface area contributed by atoms with E-state index in [9.17, 15) is 12.8 Å². The summed E-state index contributed by atoms with van der Waals surface area (Å²) in [5, 5.41) is 0. The standard InChI is InChI=1S/C19H23FN2O3S/c1-2-25-19-11-10-17(13-18(19)20)26(23,24)21-14-16-9-6-12-22(16)15-7-4-3-5-8-15/h3-5,7-8,10-11,13,16,21H,2,6,9,12,14H2,1H3/t16-/m0/s1. The van der Waals surface area contributed by atoms with Gasteiger partial charge < -0.3 is 9.64 Å². The monoisotopic (exact) mass is 378 g/mol. The lowest BCUT2D eigenvalue weighted by molar-refractivity contribution is 0.321. The van der Waals surface area contributed by atoms with Gasteiger partial charge in [0.1, 0.15) is 0 Å². The van der Waals surface area contributed by atoms with Crippen LogP contribution in [0.3, 0.4) is 0 Å². The number of nitrogens with zero attached hydrogens (tertiary/aromatic N) is 1. The van der Waals surface area contributed by atoms with E-state index >= 15 is 0 Å². The maximum atomic E-state index is 14.0. The van der Waals surface area contributed by atoms with Crippen molar-refractivity contribution in [2.24, 2.45) is 0 Å². The van der Waals surface area contributed by atoms with E-state index in [2.05, 4.69) is 9.62 Å². The second kappa shape index (κ2) is 8.05. The first-order valence-corrected chi connectivity index (χ1v) is 10.2. The van der Waals surface area contributed by atoms with Gasteiger partial charge in [0.15, 0.2) is 11.6 Å². The van der Waals surface area contributed by atoms with Crippen LogP contribution in [0.1, 0.15) is 19.8 Å². The van der Waals surface area contributed by atoms with Gasteiger partial charge in [0.25, 0.3) is 0 Å². The van der Waals surface area contributed by atoms with Crippen molar-refractivity contribution in [2.45, 2.75) is 30.7 Å². The lowest BCUT2D eigenvalue weighted by Gasteiger charge is -2.27. The molecule has 140 valence electrons. The SMILES string of the molecule is CCOc1ccc(S(=O)(=O)NC[C@@H]2CCCN2c2ccccc2)cc1F. The fourth-order valence-electron chi connectivity index (χ4n) is 3.22. The van der Waals surface area contributed by atoms with E-state index in [0.29, 0.717) is 6.61 Å². The molecule has 0 unspecified atom stereocenters. The fourth-order valence-corrected chi connectivity index (χ4v) is 4.30. The highest BCUT2D eigenvalue weighted by Gasteiger charge is 2.26. The number of sulfonamides is 1. The Kier molecular flexibility index (Phi) is 5.78. The minimum atomic E-state index is -3.78. The molecule has 1 atom stereocenters. The maximum Gasteiger partial charge on any atom is 0.240 e. The molecule has 0 bridgehead atoms. The zero-order valence-corrected chi connectivity index (χ0v) is 15.5. The van der Waals surface area contributed by atoms with Crippen molar-refractivity contribution in [2.75, 3.05) is 24.6 Å². The summed E-state index contributed by atoms with van der Waals surface area (Å²) in [7, 11) is -3.78. The molecule has 0 amide bonds. The molecular formula is C19H23FN2O3S. The molecular weight excluding hydrogens is 355 g/mol. The third-order valence-electron chi connectivity index (χ3n) is 4.49. The first-order valence-electron chi connectivity index (χ1n) is 8.75. The van der Waals surface area contributed by atoms with Crippen molar-refractivity contribution in [1.29, 1.82) is 0 Å². The molecule has 0 saturated carbocycles. The van der Waals surface area contributed by atoms with Gasteiger partial charge in [-0.25, -0.2) is 17.5 Å². The molecule has 26 heavy (non-hydrogen) atoms. The summed E-state index contributed by atoms with van der Waals surface area (Å²) in [5.41, 5.74) is 1.08. The van der Waals surface area contributed by atoms with Crippen molar-refractivity contribution in [3.63, 3.8) is 0 Å². The summed E-state index contributed by atoms with van der Waals surface area (Å²) in [4.78, 5) is 2.11. The highest BCUT2D eigenvalue weighted by molar-refractivity contribution is 7.89. The van der Waals surface area contributed by atoms with Crippen molar-refractivity contribution < 1.29 is 17.5 Å². The van der Waals surface area contributed by atoms with E-state index in [1.165, 1.54) is 12.1 Å². The van der Waals surface area contributed by atoms with Gasteiger partial charge in [-0.1, -0.05) is 18.2 Å². The van der Waals surface area contributed by atoms with E-state index in [1.807, 2.05) is 30.3 Å². The van der Waals surface area contributed by atoms with Crippen LogP contribution >= 0.6 is 0 Å². The molecule has 2 aromatic carbocycles. The molecule has 1 heterocycles. The number of hydrogen-bond donors (Lipinski definition) is 1. The van der Waals surface area contributed by atoms with Gasteiger partial charge in [-0.2, -0.15) is 0 Å². The van der Waals surface area contributed by atoms with Crippen molar-refractivity contribution in [3.8, 4) is 5.75 Å². The smallest absolute Gasteiger partial charge is 0.240 e. The Morgan fingerprint density at radius 1 is 1.23 bits per heavy atom. The molecule has 0 aliphatic carbocycles. The van der Waals surface area contributed by atoms with E-state index in [4.69, 9.17) is 4.74 Å². The van der Waals surface area contributed by atoms with Crippen LogP contribution in [0, 0.1) is 5.82 Å². The number of para-hydroxylation sites is 1. The van der Waals surface area contributed by atoms with Gasteiger partial charge in [0.05, 0.1) is 11.5 Å². The number of halogens is 1. The van der Waals surface area contributed by atoms with Crippen LogP contribution in [0.4, 0.5) is 10.1 Å². The van der Waals surface area contributed by atoms with Crippen LogP contribution < -0.4 is 14.4 Å². The Balaban J connectivity index is 1.69. The summed E-state index contributed by atoms with van der Waals surface area (Å²) < 4.78 is 46.7. The largest absolute Gasteiger partial charge is 0.491 e. The minimum absolute atomic E-state index is 0.0532. The normalized spacial score (nSPS) is 17.5. The number of hydrogen-bond acceptors (Lipinski definition) is 4. The lowest BCUT2D eigenvalue weighted by atomic mass is 10.2. The molecule has 1 saturated heterocycles. The molecule has 2 aromatic rings. The van der Waals surface area contributed by atoms with E-state index in [0.717, 1.165) is 31.1 Å². The third-order valence-corrected chi connectivity index (χ3v) is 5.91. The Morgan fingerprint density at radius 3 is 2.69 bits per heavy atom. The van der Waals surface area contributed by atoms with Crippen molar-refractivity contribution in [3.05, 3.63) is 54.3 Å². The quantitative estimate of drug-likeness (QED) is 0.804. The fraction of sp³-hybridized carbons (Fsp3) is 0.368. The third kappa shape index (κ3) is 4.16. The van der Waals surface area contributed by atoms with Crippen LogP contribution in [0.25, 0.3) is 0 Å². The number of rotatable bonds is 7. The van der Waals surface area contributed by atoms with Gasteiger partial charge in [0.2, 0.25) is 10.0 Å². The van der Waals surface area contributed by atoms with Gasteiger partial charge in [-0.3, -0.25) is 0 Å². The number of benzene rings is 2. The van der Waals surface area contributed by atoms with Crippen molar-refractivity contribution >= 4 is 15.7 Å². The first-order chi connectivity index (χ1) is 12.5. The van der Waals surface area contributed by atoms with Crippen LogP contribution in [-0.2, 0) is 10.0 Å². The molecule has 7 heteroatoms. The van der Waals surface area contributed by atoms with Gasteiger partial charge in [-0.15, -0.1) is 0 Å². The van der Waals surface area contributed by atoms with E-state index in [1.54, 1.807) is 6.92 Å². The summed E-state index contributed by atoms with van der Waals surface area (Å²) in [5.74, 6) is -0.626. The van der Waals surface area contributed by atoms with Gasteiger partial charge in [0, 0.05) is 24.8 Å². The Hall–Kier alpha value is -2.12. The highest BCUT2D eigenvalue weighted by Crippen LogP contribution is 2.25. The Labute approximate surface area is 153 Å². The average molecular weight is 378 g/mol. The second-order valence-corrected chi connectivity index (χ2v) is 7.97. The topological polar surface area (TPSA) is 58.6 Å². The molecule has 1 aliphatic heterocycles. The van der Waals surface area contributed by atoms with Crippen molar-refractivity contribution in [1.82, 2.24) is 4.72 Å². The van der Waals surface area contributed by atoms with Crippen LogP contribution in [0.5, 0.6) is 5.75 Å². The van der Waals surface area contributed by atoms with Crippen LogP contribution in [0.15, 0.2) is 53.4 Å². The molecule has 0 radical (unpaired) electrons. The van der Waals surface area contributed by atoms with Crippen LogP contribution in [-0.4, -0.2) is 34.2 Å². The predicted octanol–water partition coefficient (Wildman–Crippen LogP) is 3.17. The molecule has 1 aliphatic rings. The summed E-state index contributed by atoms with van der Waals surface area (Å²) in [6.45, 7) is 3.24. The highest BCUT2D eigenvalue weighted by atomic mass is 32.2. The lowest BCUT2D eigenvalue weighted by Crippen LogP contribution is -2.40. The zero-order valence-electron chi connectivity index (χ0n) is 14.7. The molecule has 0 spiro atoms. The van der Waals surface area contributed by atoms with Gasteiger partial charge >= 0.3 is 0 Å². The number of anilines is 1. The summed E-state index contributed by atoms with van der Waals surface area (Å²) in [6, 6.07) is 13.7. The molecule has 1 N–H and O–H groups in total. The second-order valence-electron chi connectivity index (χ2n) is 6.20. The average Bonchev–Trinajstić information content (AvgIpc) is 3.11. The predicted molar refractivity (Wildman–Crippen MR) is 99.6 cm³/mol. The van der Waals surface area contributed by atoms with Crippen LogP contribution in [0.2, 0.25) is 0 Å². The Bertz CT molecular complexity index is 843. The minimum Gasteiger partial charge on any atom is -0.491 e. The zero-order chi connectivity index (χ0) is 18.6.